The molecule has 8 nitrogen and oxygen atoms in total. The number of rotatable bonds is 6. The van der Waals surface area contributed by atoms with Crippen molar-refractivity contribution in [1.29, 1.82) is 0 Å². The van der Waals surface area contributed by atoms with Gasteiger partial charge in [-0.05, 0) is 42.3 Å². The maximum atomic E-state index is 13.1. The van der Waals surface area contributed by atoms with Gasteiger partial charge in [-0.1, -0.05) is 13.8 Å². The zero-order valence-corrected chi connectivity index (χ0v) is 19.1. The lowest BCUT2D eigenvalue weighted by Gasteiger charge is -2.34. The van der Waals surface area contributed by atoms with E-state index < -0.39 is 10.0 Å². The van der Waals surface area contributed by atoms with Crippen LogP contribution in [0, 0.1) is 5.92 Å². The predicted octanol–water partition coefficient (Wildman–Crippen LogP) is 2.64. The van der Waals surface area contributed by atoms with Gasteiger partial charge >= 0.3 is 0 Å². The number of carbonyl (C=O) groups is 1. The fourth-order valence-corrected chi connectivity index (χ4v) is 5.04. The van der Waals surface area contributed by atoms with Crippen LogP contribution in [0.25, 0.3) is 0 Å². The molecule has 1 saturated heterocycles. The molecule has 0 aromatic heterocycles. The molecule has 2 aromatic rings. The topological polar surface area (TPSA) is 85.4 Å². The van der Waals surface area contributed by atoms with Crippen molar-refractivity contribution in [2.75, 3.05) is 46.0 Å². The number of sulfonamides is 1. The first-order valence-electron chi connectivity index (χ1n) is 10.8. The van der Waals surface area contributed by atoms with Crippen molar-refractivity contribution in [3.63, 3.8) is 0 Å². The van der Waals surface area contributed by atoms with Gasteiger partial charge in [0.05, 0.1) is 11.5 Å². The molecule has 0 bridgehead atoms. The van der Waals surface area contributed by atoms with E-state index in [2.05, 4.69) is 13.8 Å². The summed E-state index contributed by atoms with van der Waals surface area (Å²) in [7, 11) is -3.69. The van der Waals surface area contributed by atoms with Gasteiger partial charge in [0.15, 0.2) is 11.5 Å². The fraction of sp³-hybridized carbons (Fsp3) is 0.435. The highest BCUT2D eigenvalue weighted by Crippen LogP contribution is 2.33. The normalized spacial score (nSPS) is 16.8. The van der Waals surface area contributed by atoms with Crippen LogP contribution in [0.15, 0.2) is 47.4 Å². The van der Waals surface area contributed by atoms with Crippen molar-refractivity contribution in [1.82, 2.24) is 9.21 Å². The van der Waals surface area contributed by atoms with E-state index in [9.17, 15) is 13.2 Å². The molecule has 172 valence electrons. The average molecular weight is 461 g/mol. The number of hydrogen-bond donors (Lipinski definition) is 0. The van der Waals surface area contributed by atoms with Crippen LogP contribution in [0.1, 0.15) is 24.2 Å². The SMILES string of the molecule is CC(C)COc1ccc(C(=O)N2CCN(S(=O)(=O)c3ccc4c(c3)OCCO4)CC2)cc1. The molecule has 1 fully saturated rings. The number of ether oxygens (including phenoxy) is 3. The summed E-state index contributed by atoms with van der Waals surface area (Å²) in [6.07, 6.45) is 0. The van der Waals surface area contributed by atoms with Crippen LogP contribution in [-0.4, -0.2) is 69.5 Å². The highest BCUT2D eigenvalue weighted by molar-refractivity contribution is 7.89. The maximum absolute atomic E-state index is 13.1. The van der Waals surface area contributed by atoms with Crippen LogP contribution in [0.5, 0.6) is 17.2 Å². The Kier molecular flexibility index (Phi) is 6.57. The van der Waals surface area contributed by atoms with Crippen LogP contribution in [-0.2, 0) is 10.0 Å². The summed E-state index contributed by atoms with van der Waals surface area (Å²) < 4.78 is 44.2. The number of hydrogen-bond acceptors (Lipinski definition) is 6. The van der Waals surface area contributed by atoms with Crippen molar-refractivity contribution in [3.8, 4) is 17.2 Å². The van der Waals surface area contributed by atoms with Gasteiger partial charge in [-0.25, -0.2) is 8.42 Å². The second-order valence-electron chi connectivity index (χ2n) is 8.23. The molecule has 0 spiro atoms. The Hall–Kier alpha value is -2.78. The Morgan fingerprint density at radius 3 is 2.28 bits per heavy atom. The second-order valence-corrected chi connectivity index (χ2v) is 10.2. The molecule has 2 aliphatic rings. The van der Waals surface area contributed by atoms with Gasteiger partial charge in [0, 0.05) is 37.8 Å². The van der Waals surface area contributed by atoms with Crippen molar-refractivity contribution in [3.05, 3.63) is 48.0 Å². The highest BCUT2D eigenvalue weighted by atomic mass is 32.2. The van der Waals surface area contributed by atoms with E-state index in [0.29, 0.717) is 55.9 Å². The van der Waals surface area contributed by atoms with Gasteiger partial charge in [0.2, 0.25) is 10.0 Å². The third-order valence-corrected chi connectivity index (χ3v) is 7.26. The first-order chi connectivity index (χ1) is 15.3. The molecule has 1 amide bonds. The molecular formula is C23H28N2O6S. The number of nitrogens with zero attached hydrogens (tertiary/aromatic N) is 2. The lowest BCUT2D eigenvalue weighted by Crippen LogP contribution is -2.50. The van der Waals surface area contributed by atoms with E-state index in [4.69, 9.17) is 14.2 Å². The van der Waals surface area contributed by atoms with Crippen molar-refractivity contribution in [2.45, 2.75) is 18.7 Å². The minimum absolute atomic E-state index is 0.114. The quantitative estimate of drug-likeness (QED) is 0.659. The summed E-state index contributed by atoms with van der Waals surface area (Å²) >= 11 is 0. The van der Waals surface area contributed by atoms with Crippen molar-refractivity contribution < 1.29 is 27.4 Å². The van der Waals surface area contributed by atoms with E-state index in [1.807, 2.05) is 0 Å². The molecule has 0 aliphatic carbocycles. The fourth-order valence-electron chi connectivity index (χ4n) is 3.60. The molecular weight excluding hydrogens is 432 g/mol. The number of fused-ring (bicyclic) bond motifs is 1. The number of carbonyl (C=O) groups excluding carboxylic acids is 1. The van der Waals surface area contributed by atoms with Gasteiger partial charge in [-0.3, -0.25) is 4.79 Å². The maximum Gasteiger partial charge on any atom is 0.253 e. The average Bonchev–Trinajstić information content (AvgIpc) is 2.82. The summed E-state index contributed by atoms with van der Waals surface area (Å²) in [6.45, 7) is 6.73. The Labute approximate surface area is 188 Å². The minimum Gasteiger partial charge on any atom is -0.493 e. The monoisotopic (exact) mass is 460 g/mol. The molecule has 2 heterocycles. The Morgan fingerprint density at radius 2 is 1.62 bits per heavy atom. The van der Waals surface area contributed by atoms with Gasteiger partial charge in [0.1, 0.15) is 19.0 Å². The minimum atomic E-state index is -3.69. The van der Waals surface area contributed by atoms with E-state index in [-0.39, 0.29) is 23.9 Å². The molecule has 0 radical (unpaired) electrons. The van der Waals surface area contributed by atoms with E-state index in [1.165, 1.54) is 16.4 Å². The summed E-state index contributed by atoms with van der Waals surface area (Å²) in [6, 6.07) is 11.7. The van der Waals surface area contributed by atoms with Crippen molar-refractivity contribution >= 4 is 15.9 Å². The van der Waals surface area contributed by atoms with E-state index in [1.54, 1.807) is 35.2 Å². The number of piperazine rings is 1. The largest absolute Gasteiger partial charge is 0.493 e. The molecule has 2 aromatic carbocycles. The smallest absolute Gasteiger partial charge is 0.253 e. The molecule has 32 heavy (non-hydrogen) atoms. The lowest BCUT2D eigenvalue weighted by molar-refractivity contribution is 0.0698. The third kappa shape index (κ3) is 4.83. The first-order valence-corrected chi connectivity index (χ1v) is 12.2. The molecule has 0 unspecified atom stereocenters. The Balaban J connectivity index is 1.37. The predicted molar refractivity (Wildman–Crippen MR) is 119 cm³/mol. The van der Waals surface area contributed by atoms with Crippen LogP contribution >= 0.6 is 0 Å². The molecule has 9 heteroatoms. The van der Waals surface area contributed by atoms with Gasteiger partial charge in [-0.2, -0.15) is 4.31 Å². The number of amides is 1. The summed E-state index contributed by atoms with van der Waals surface area (Å²) in [5, 5.41) is 0. The molecule has 0 atom stereocenters. The Bertz CT molecular complexity index is 1060. The molecule has 0 N–H and O–H groups in total. The van der Waals surface area contributed by atoms with Gasteiger partial charge in [-0.15, -0.1) is 0 Å². The number of benzene rings is 2. The lowest BCUT2D eigenvalue weighted by atomic mass is 10.1. The van der Waals surface area contributed by atoms with E-state index in [0.717, 1.165) is 5.75 Å². The van der Waals surface area contributed by atoms with Gasteiger partial charge < -0.3 is 19.1 Å². The zero-order chi connectivity index (χ0) is 22.7. The summed E-state index contributed by atoms with van der Waals surface area (Å²) in [5.74, 6) is 2.02. The summed E-state index contributed by atoms with van der Waals surface area (Å²) in [4.78, 5) is 14.7. The zero-order valence-electron chi connectivity index (χ0n) is 18.3. The van der Waals surface area contributed by atoms with Crippen molar-refractivity contribution in [2.24, 2.45) is 5.92 Å². The first kappa shape index (κ1) is 22.4. The van der Waals surface area contributed by atoms with E-state index >= 15 is 0 Å². The van der Waals surface area contributed by atoms with Gasteiger partial charge in [0.25, 0.3) is 5.91 Å². The molecule has 0 saturated carbocycles. The standard InChI is InChI=1S/C23H28N2O6S/c1-17(2)16-31-19-5-3-18(4-6-19)23(26)24-9-11-25(12-10-24)32(27,28)20-7-8-21-22(15-20)30-14-13-29-21/h3-8,15,17H,9-14,16H2,1-2H3. The third-order valence-electron chi connectivity index (χ3n) is 5.36. The summed E-state index contributed by atoms with van der Waals surface area (Å²) in [5.41, 5.74) is 0.560. The Morgan fingerprint density at radius 1 is 0.969 bits per heavy atom. The van der Waals surface area contributed by atoms with Crippen LogP contribution in [0.2, 0.25) is 0 Å². The second kappa shape index (κ2) is 9.38. The van der Waals surface area contributed by atoms with Crippen LogP contribution in [0.4, 0.5) is 0 Å². The van der Waals surface area contributed by atoms with Crippen LogP contribution < -0.4 is 14.2 Å². The molecule has 2 aliphatic heterocycles. The highest BCUT2D eigenvalue weighted by Gasteiger charge is 2.31. The molecule has 4 rings (SSSR count). The van der Waals surface area contributed by atoms with Crippen LogP contribution in [0.3, 0.4) is 0 Å².